The fourth-order valence-corrected chi connectivity index (χ4v) is 3.30. The predicted octanol–water partition coefficient (Wildman–Crippen LogP) is 6.84. The minimum Gasteiger partial charge on any atom is -0.457 e. The first-order valence-corrected chi connectivity index (χ1v) is 10.4. The van der Waals surface area contributed by atoms with E-state index in [-0.39, 0.29) is 28.9 Å². The molecule has 0 unspecified atom stereocenters. The van der Waals surface area contributed by atoms with Crippen molar-refractivity contribution in [3.05, 3.63) is 89.2 Å². The van der Waals surface area contributed by atoms with Gasteiger partial charge in [0.05, 0.1) is 11.6 Å². The summed E-state index contributed by atoms with van der Waals surface area (Å²) in [6.45, 7) is -4.19. The normalized spacial score (nSPS) is 13.9. The molecule has 0 aliphatic carbocycles. The van der Waals surface area contributed by atoms with Gasteiger partial charge in [0.15, 0.2) is 6.10 Å². The lowest BCUT2D eigenvalue weighted by Crippen LogP contribution is -2.40. The van der Waals surface area contributed by atoms with Crippen molar-refractivity contribution in [1.29, 1.82) is 0 Å². The molecule has 3 aromatic rings. The summed E-state index contributed by atoms with van der Waals surface area (Å²) in [5.41, 5.74) is -1.65. The van der Waals surface area contributed by atoms with E-state index in [9.17, 15) is 44.6 Å². The molecule has 4 nitrogen and oxygen atoms in total. The summed E-state index contributed by atoms with van der Waals surface area (Å²) < 4.78 is 127. The van der Waals surface area contributed by atoms with E-state index >= 15 is 0 Å². The number of aliphatic hydroxyl groups excluding tert-OH is 1. The van der Waals surface area contributed by atoms with Gasteiger partial charge in [-0.2, -0.15) is 35.1 Å². The van der Waals surface area contributed by atoms with E-state index < -0.39 is 54.6 Å². The van der Waals surface area contributed by atoms with Crippen LogP contribution in [0.3, 0.4) is 0 Å². The van der Waals surface area contributed by atoms with Gasteiger partial charge in [0, 0.05) is 18.2 Å². The Hall–Kier alpha value is -3.45. The van der Waals surface area contributed by atoms with E-state index in [2.05, 4.69) is 10.1 Å². The van der Waals surface area contributed by atoms with Crippen LogP contribution in [-0.4, -0.2) is 30.5 Å². The van der Waals surface area contributed by atoms with Crippen molar-refractivity contribution in [3.63, 3.8) is 0 Å². The predicted molar refractivity (Wildman–Crippen MR) is 113 cm³/mol. The number of halogens is 9. The van der Waals surface area contributed by atoms with Crippen molar-refractivity contribution in [2.45, 2.75) is 31.1 Å². The van der Waals surface area contributed by atoms with Gasteiger partial charge in [0.25, 0.3) is 0 Å². The van der Waals surface area contributed by atoms with Crippen LogP contribution in [0.1, 0.15) is 22.7 Å². The largest absolute Gasteiger partial charge is 0.457 e. The molecule has 37 heavy (non-hydrogen) atoms. The number of hydrogen-bond acceptors (Lipinski definition) is 4. The minimum atomic E-state index is -5.01. The lowest BCUT2D eigenvalue weighted by atomic mass is 9.96. The maximum absolute atomic E-state index is 14.7. The third-order valence-electron chi connectivity index (χ3n) is 4.99. The zero-order chi connectivity index (χ0) is 27.4. The van der Waals surface area contributed by atoms with Crippen molar-refractivity contribution in [3.8, 4) is 17.2 Å². The maximum Gasteiger partial charge on any atom is 0.416 e. The molecule has 0 aliphatic heterocycles. The third-order valence-corrected chi connectivity index (χ3v) is 4.99. The highest BCUT2D eigenvalue weighted by molar-refractivity contribution is 5.41. The van der Waals surface area contributed by atoms with Crippen LogP contribution in [0.15, 0.2) is 66.7 Å². The second kappa shape index (κ2) is 11.3. The molecule has 0 aliphatic rings. The second-order valence-corrected chi connectivity index (χ2v) is 7.66. The van der Waals surface area contributed by atoms with Gasteiger partial charge in [0.2, 0.25) is 0 Å². The van der Waals surface area contributed by atoms with Crippen LogP contribution in [-0.2, 0) is 6.18 Å². The molecule has 13 heteroatoms. The highest BCUT2D eigenvalue weighted by atomic mass is 19.4. The summed E-state index contributed by atoms with van der Waals surface area (Å²) in [6.07, 6.45) is -12.7. The Morgan fingerprint density at radius 1 is 0.811 bits per heavy atom. The quantitative estimate of drug-likeness (QED) is 0.293. The van der Waals surface area contributed by atoms with Crippen LogP contribution in [0, 0.1) is 5.82 Å². The number of rotatable bonds is 9. The summed E-state index contributed by atoms with van der Waals surface area (Å²) in [5, 5.41) is 11.7. The molecule has 2 atom stereocenters. The SMILES string of the molecule is O[C@H](CN[C@H](c1cccc(Oc2cccc(OC(F)F)c2)c1)c1ccc(C(F)(F)F)cc1F)C(F)(F)F. The average Bonchev–Trinajstić information content (AvgIpc) is 2.78. The van der Waals surface area contributed by atoms with Gasteiger partial charge < -0.3 is 19.9 Å². The summed E-state index contributed by atoms with van der Waals surface area (Å²) in [7, 11) is 0. The fourth-order valence-electron chi connectivity index (χ4n) is 3.30. The van der Waals surface area contributed by atoms with E-state index in [4.69, 9.17) is 4.74 Å². The zero-order valence-corrected chi connectivity index (χ0v) is 18.5. The number of hydrogen-bond donors (Lipinski definition) is 2. The van der Waals surface area contributed by atoms with Gasteiger partial charge in [-0.05, 0) is 42.0 Å². The molecule has 200 valence electrons. The smallest absolute Gasteiger partial charge is 0.416 e. The van der Waals surface area contributed by atoms with Crippen LogP contribution in [0.4, 0.5) is 39.5 Å². The summed E-state index contributed by atoms with van der Waals surface area (Å²) >= 11 is 0. The van der Waals surface area contributed by atoms with Gasteiger partial charge in [-0.25, -0.2) is 4.39 Å². The van der Waals surface area contributed by atoms with Gasteiger partial charge in [-0.15, -0.1) is 0 Å². The Balaban J connectivity index is 1.95. The number of aliphatic hydroxyl groups is 1. The van der Waals surface area contributed by atoms with E-state index in [1.807, 2.05) is 0 Å². The number of nitrogens with one attached hydrogen (secondary N) is 1. The van der Waals surface area contributed by atoms with Gasteiger partial charge >= 0.3 is 19.0 Å². The molecule has 0 saturated carbocycles. The number of benzene rings is 3. The molecule has 0 radical (unpaired) electrons. The topological polar surface area (TPSA) is 50.7 Å². The summed E-state index contributed by atoms with van der Waals surface area (Å²) in [4.78, 5) is 0. The first-order valence-electron chi connectivity index (χ1n) is 10.4. The molecule has 3 aromatic carbocycles. The average molecular weight is 539 g/mol. The molecule has 0 aromatic heterocycles. The van der Waals surface area contributed by atoms with Crippen molar-refractivity contribution in [2.75, 3.05) is 6.54 Å². The molecule has 0 fully saturated rings. The van der Waals surface area contributed by atoms with Gasteiger partial charge in [0.1, 0.15) is 23.1 Å². The van der Waals surface area contributed by atoms with Crippen LogP contribution >= 0.6 is 0 Å². The molecule has 2 N–H and O–H groups in total. The molecular formula is C24H18F9NO3. The Kier molecular flexibility index (Phi) is 8.59. The Bertz CT molecular complexity index is 1200. The van der Waals surface area contributed by atoms with Gasteiger partial charge in [-0.3, -0.25) is 0 Å². The number of ether oxygens (including phenoxy) is 2. The van der Waals surface area contributed by atoms with Crippen molar-refractivity contribution >= 4 is 0 Å². The summed E-state index contributed by atoms with van der Waals surface area (Å²) in [5.74, 6) is -1.47. The molecular weight excluding hydrogens is 521 g/mol. The van der Waals surface area contributed by atoms with Gasteiger partial charge in [-0.1, -0.05) is 24.3 Å². The van der Waals surface area contributed by atoms with Crippen LogP contribution < -0.4 is 14.8 Å². The first kappa shape index (κ1) is 28.1. The fraction of sp³-hybridized carbons (Fsp3) is 0.250. The highest BCUT2D eigenvalue weighted by Gasteiger charge is 2.38. The zero-order valence-electron chi connectivity index (χ0n) is 18.5. The van der Waals surface area contributed by atoms with Crippen molar-refractivity contribution < 1.29 is 54.1 Å². The molecule has 0 saturated heterocycles. The lowest BCUT2D eigenvalue weighted by Gasteiger charge is -2.24. The second-order valence-electron chi connectivity index (χ2n) is 7.66. The lowest BCUT2D eigenvalue weighted by molar-refractivity contribution is -0.202. The van der Waals surface area contributed by atoms with Crippen LogP contribution in [0.2, 0.25) is 0 Å². The third kappa shape index (κ3) is 7.76. The Morgan fingerprint density at radius 3 is 2.03 bits per heavy atom. The highest BCUT2D eigenvalue weighted by Crippen LogP contribution is 2.34. The molecule has 0 amide bonds. The standard InChI is InChI=1S/C24H18F9NO3/c25-19-10-14(23(28,29)30)7-8-18(19)21(34-12-20(35)24(31,32)33)13-3-1-4-15(9-13)36-16-5-2-6-17(11-16)37-22(26)27/h1-11,20-22,34-35H,12H2/t20-,21-/m1/s1. The molecule has 3 rings (SSSR count). The van der Waals surface area contributed by atoms with Crippen LogP contribution in [0.25, 0.3) is 0 Å². The first-order chi connectivity index (χ1) is 17.2. The number of alkyl halides is 8. The van der Waals surface area contributed by atoms with Crippen molar-refractivity contribution in [1.82, 2.24) is 5.32 Å². The Labute approximate surface area is 204 Å². The minimum absolute atomic E-state index is 0.0437. The van der Waals surface area contributed by atoms with E-state index in [1.165, 1.54) is 42.5 Å². The van der Waals surface area contributed by atoms with Crippen molar-refractivity contribution in [2.24, 2.45) is 0 Å². The molecule has 0 bridgehead atoms. The monoisotopic (exact) mass is 539 g/mol. The Morgan fingerprint density at radius 2 is 1.43 bits per heavy atom. The molecule has 0 spiro atoms. The maximum atomic E-state index is 14.7. The van der Waals surface area contributed by atoms with E-state index in [1.54, 1.807) is 0 Å². The summed E-state index contributed by atoms with van der Waals surface area (Å²) in [6, 6.07) is 10.6. The molecule has 0 heterocycles. The van der Waals surface area contributed by atoms with E-state index in [0.717, 1.165) is 12.1 Å². The van der Waals surface area contributed by atoms with E-state index in [0.29, 0.717) is 6.07 Å². The van der Waals surface area contributed by atoms with Crippen LogP contribution in [0.5, 0.6) is 17.2 Å².